The molecular weight excluding hydrogens is 177 g/mol. The number of benzene rings is 1. The molecule has 67 valence electrons. The summed E-state index contributed by atoms with van der Waals surface area (Å²) in [4.78, 5) is 0. The first-order valence-corrected chi connectivity index (χ1v) is 3.80. The lowest BCUT2D eigenvalue weighted by molar-refractivity contribution is -0.0883. The van der Waals surface area contributed by atoms with Crippen LogP contribution in [0.5, 0.6) is 0 Å². The molecule has 3 heteroatoms. The van der Waals surface area contributed by atoms with Gasteiger partial charge in [-0.2, -0.15) is 13.2 Å². The normalized spacial score (nSPS) is 15.5. The molecule has 0 atom stereocenters. The van der Waals surface area contributed by atoms with E-state index in [2.05, 4.69) is 0 Å². The van der Waals surface area contributed by atoms with Crippen LogP contribution in [0.1, 0.15) is 11.1 Å². The zero-order chi connectivity index (χ0) is 9.47. The average molecular weight is 183 g/mol. The van der Waals surface area contributed by atoms with Gasteiger partial charge in [0.1, 0.15) is 0 Å². The summed E-state index contributed by atoms with van der Waals surface area (Å²) < 4.78 is 36.7. The standard InChI is InChI=1S/C10H6F3/c11-10(12,13)9-5-7-3-1-2-4-8(7)6-9/h1-6H. The molecule has 0 amide bonds. The SMILES string of the molecule is FC(F)(F)C1=Cc2ccccc2[CH]1. The maximum absolute atomic E-state index is 12.2. The van der Waals surface area contributed by atoms with Crippen molar-refractivity contribution >= 4 is 6.08 Å². The molecule has 1 aromatic rings. The first-order chi connectivity index (χ1) is 6.07. The van der Waals surface area contributed by atoms with Crippen molar-refractivity contribution in [3.63, 3.8) is 0 Å². The highest BCUT2D eigenvalue weighted by atomic mass is 19.4. The summed E-state index contributed by atoms with van der Waals surface area (Å²) in [6.45, 7) is 0. The van der Waals surface area contributed by atoms with Crippen molar-refractivity contribution in [2.24, 2.45) is 0 Å². The lowest BCUT2D eigenvalue weighted by Gasteiger charge is -2.05. The molecule has 0 saturated carbocycles. The number of hydrogen-bond donors (Lipinski definition) is 0. The highest BCUT2D eigenvalue weighted by Crippen LogP contribution is 2.37. The van der Waals surface area contributed by atoms with E-state index < -0.39 is 11.7 Å². The summed E-state index contributed by atoms with van der Waals surface area (Å²) in [5.41, 5.74) is 0.693. The third-order valence-corrected chi connectivity index (χ3v) is 1.95. The second-order valence-electron chi connectivity index (χ2n) is 2.87. The summed E-state index contributed by atoms with van der Waals surface area (Å²) in [5, 5.41) is 0. The maximum atomic E-state index is 12.2. The predicted octanol–water partition coefficient (Wildman–Crippen LogP) is 3.20. The molecule has 0 nitrogen and oxygen atoms in total. The van der Waals surface area contributed by atoms with Gasteiger partial charge in [0.15, 0.2) is 0 Å². The minimum Gasteiger partial charge on any atom is -0.166 e. The first-order valence-electron chi connectivity index (χ1n) is 3.80. The highest BCUT2D eigenvalue weighted by Gasteiger charge is 2.36. The molecule has 0 bridgehead atoms. The van der Waals surface area contributed by atoms with Crippen LogP contribution in [0.15, 0.2) is 29.8 Å². The fraction of sp³-hybridized carbons (Fsp3) is 0.100. The fourth-order valence-electron chi connectivity index (χ4n) is 1.31. The summed E-state index contributed by atoms with van der Waals surface area (Å²) in [7, 11) is 0. The van der Waals surface area contributed by atoms with Crippen LogP contribution in [0.4, 0.5) is 13.2 Å². The van der Waals surface area contributed by atoms with E-state index in [0.717, 1.165) is 12.5 Å². The van der Waals surface area contributed by atoms with Crippen LogP contribution in [0.25, 0.3) is 6.08 Å². The Balaban J connectivity index is 2.37. The number of halogens is 3. The maximum Gasteiger partial charge on any atom is 0.413 e. The minimum absolute atomic E-state index is 0.575. The second-order valence-corrected chi connectivity index (χ2v) is 2.87. The molecular formula is C10H6F3. The van der Waals surface area contributed by atoms with E-state index >= 15 is 0 Å². The highest BCUT2D eigenvalue weighted by molar-refractivity contribution is 5.70. The minimum atomic E-state index is -4.24. The quantitative estimate of drug-likeness (QED) is 0.579. The van der Waals surface area contributed by atoms with Gasteiger partial charge in [-0.3, -0.25) is 0 Å². The Morgan fingerprint density at radius 3 is 2.08 bits per heavy atom. The summed E-state index contributed by atoms with van der Waals surface area (Å²) in [6, 6.07) is 6.79. The van der Waals surface area contributed by atoms with Gasteiger partial charge in [-0.05, 0) is 17.2 Å². The molecule has 0 spiro atoms. The second kappa shape index (κ2) is 2.62. The lowest BCUT2D eigenvalue weighted by atomic mass is 10.1. The van der Waals surface area contributed by atoms with E-state index in [1.54, 1.807) is 24.3 Å². The Bertz CT molecular complexity index is 361. The van der Waals surface area contributed by atoms with Gasteiger partial charge in [-0.25, -0.2) is 0 Å². The van der Waals surface area contributed by atoms with Crippen molar-refractivity contribution in [1.82, 2.24) is 0 Å². The Labute approximate surface area is 73.7 Å². The van der Waals surface area contributed by atoms with Crippen molar-refractivity contribution in [2.75, 3.05) is 0 Å². The van der Waals surface area contributed by atoms with Gasteiger partial charge in [-0.1, -0.05) is 24.3 Å². The summed E-state index contributed by atoms with van der Waals surface area (Å²) in [5.74, 6) is 0. The van der Waals surface area contributed by atoms with Gasteiger partial charge >= 0.3 is 6.18 Å². The molecule has 0 heterocycles. The topological polar surface area (TPSA) is 0 Å². The molecule has 1 radical (unpaired) electrons. The third kappa shape index (κ3) is 1.46. The molecule has 2 rings (SSSR count). The van der Waals surface area contributed by atoms with Crippen LogP contribution < -0.4 is 0 Å². The van der Waals surface area contributed by atoms with Crippen LogP contribution >= 0.6 is 0 Å². The van der Waals surface area contributed by atoms with Crippen LogP contribution in [-0.2, 0) is 0 Å². The van der Waals surface area contributed by atoms with E-state index in [9.17, 15) is 13.2 Å². The smallest absolute Gasteiger partial charge is 0.166 e. The van der Waals surface area contributed by atoms with Gasteiger partial charge in [0, 0.05) is 12.0 Å². The van der Waals surface area contributed by atoms with Crippen molar-refractivity contribution in [2.45, 2.75) is 6.18 Å². The van der Waals surface area contributed by atoms with Crippen molar-refractivity contribution in [3.8, 4) is 0 Å². The van der Waals surface area contributed by atoms with E-state index in [-0.39, 0.29) is 0 Å². The van der Waals surface area contributed by atoms with Crippen LogP contribution in [-0.4, -0.2) is 6.18 Å². The Hall–Kier alpha value is -1.25. The lowest BCUT2D eigenvalue weighted by Crippen LogP contribution is -2.09. The van der Waals surface area contributed by atoms with Crippen molar-refractivity contribution in [1.29, 1.82) is 0 Å². The van der Waals surface area contributed by atoms with E-state index in [1.165, 1.54) is 0 Å². The molecule has 0 fully saturated rings. The third-order valence-electron chi connectivity index (χ3n) is 1.95. The van der Waals surface area contributed by atoms with Crippen LogP contribution in [0.3, 0.4) is 0 Å². The first kappa shape index (κ1) is 8.35. The van der Waals surface area contributed by atoms with Gasteiger partial charge in [-0.15, -0.1) is 0 Å². The molecule has 1 aromatic carbocycles. The number of fused-ring (bicyclic) bond motifs is 1. The van der Waals surface area contributed by atoms with Crippen LogP contribution in [0, 0.1) is 6.42 Å². The Morgan fingerprint density at radius 2 is 1.54 bits per heavy atom. The largest absolute Gasteiger partial charge is 0.413 e. The summed E-state index contributed by atoms with van der Waals surface area (Å²) >= 11 is 0. The molecule has 0 aliphatic heterocycles. The molecule has 1 aliphatic carbocycles. The zero-order valence-corrected chi connectivity index (χ0v) is 6.60. The fourth-order valence-corrected chi connectivity index (χ4v) is 1.31. The summed E-state index contributed by atoms with van der Waals surface area (Å²) in [6.07, 6.45) is -1.91. The van der Waals surface area contributed by atoms with E-state index in [1.807, 2.05) is 0 Å². The molecule has 0 saturated heterocycles. The predicted molar refractivity (Wildman–Crippen MR) is 43.9 cm³/mol. The molecule has 0 N–H and O–H groups in total. The molecule has 13 heavy (non-hydrogen) atoms. The average Bonchev–Trinajstić information content (AvgIpc) is 2.45. The molecule has 1 aliphatic rings. The van der Waals surface area contributed by atoms with Gasteiger partial charge in [0.25, 0.3) is 0 Å². The van der Waals surface area contributed by atoms with Gasteiger partial charge < -0.3 is 0 Å². The molecule has 0 aromatic heterocycles. The van der Waals surface area contributed by atoms with Gasteiger partial charge in [0.05, 0.1) is 0 Å². The number of alkyl halides is 3. The zero-order valence-electron chi connectivity index (χ0n) is 6.60. The Kier molecular flexibility index (Phi) is 1.68. The van der Waals surface area contributed by atoms with Gasteiger partial charge in [0.2, 0.25) is 0 Å². The molecule has 0 unspecified atom stereocenters. The van der Waals surface area contributed by atoms with E-state index in [0.29, 0.717) is 11.1 Å². The number of hydrogen-bond acceptors (Lipinski definition) is 0. The van der Waals surface area contributed by atoms with Crippen molar-refractivity contribution in [3.05, 3.63) is 47.4 Å². The van der Waals surface area contributed by atoms with Crippen LogP contribution in [0.2, 0.25) is 0 Å². The Morgan fingerprint density at radius 1 is 0.923 bits per heavy atom. The number of allylic oxidation sites excluding steroid dienone is 1. The monoisotopic (exact) mass is 183 g/mol. The van der Waals surface area contributed by atoms with Crippen molar-refractivity contribution < 1.29 is 13.2 Å². The van der Waals surface area contributed by atoms with E-state index in [4.69, 9.17) is 0 Å². The number of rotatable bonds is 0.